The minimum absolute atomic E-state index is 0. The number of nitrogens with zero attached hydrogens (tertiary/aromatic N) is 5. The average molecular weight is 492 g/mol. The van der Waals surface area contributed by atoms with E-state index in [1.807, 2.05) is 24.1 Å². The zero-order valence-electron chi connectivity index (χ0n) is 17.7. The van der Waals surface area contributed by atoms with Crippen LogP contribution in [0.25, 0.3) is 0 Å². The van der Waals surface area contributed by atoms with Gasteiger partial charge in [-0.25, -0.2) is 0 Å². The molecule has 1 aromatic rings. The summed E-state index contributed by atoms with van der Waals surface area (Å²) < 4.78 is 7.78. The summed E-state index contributed by atoms with van der Waals surface area (Å²) in [6, 6.07) is 1.07. The van der Waals surface area contributed by atoms with Crippen LogP contribution >= 0.6 is 24.0 Å². The Balaban J connectivity index is 0.00000364. The Kier molecular flexibility index (Phi) is 10.6. The minimum Gasteiger partial charge on any atom is -0.370 e. The van der Waals surface area contributed by atoms with Gasteiger partial charge in [0.15, 0.2) is 5.96 Å². The molecule has 1 fully saturated rings. The third kappa shape index (κ3) is 7.23. The summed E-state index contributed by atoms with van der Waals surface area (Å²) in [5, 5.41) is 7.71. The molecule has 27 heavy (non-hydrogen) atoms. The van der Waals surface area contributed by atoms with Crippen molar-refractivity contribution in [2.75, 3.05) is 39.3 Å². The highest BCUT2D eigenvalue weighted by molar-refractivity contribution is 14.0. The van der Waals surface area contributed by atoms with Crippen LogP contribution in [0.5, 0.6) is 0 Å². The van der Waals surface area contributed by atoms with Crippen LogP contribution in [-0.4, -0.2) is 77.0 Å². The molecule has 1 atom stereocenters. The summed E-state index contributed by atoms with van der Waals surface area (Å²) in [7, 11) is 1.94. The average Bonchev–Trinajstić information content (AvgIpc) is 3.03. The maximum atomic E-state index is 5.96. The number of nitrogens with one attached hydrogen (secondary N) is 1. The fourth-order valence-corrected chi connectivity index (χ4v) is 3.46. The third-order valence-electron chi connectivity index (χ3n) is 4.74. The molecule has 1 N–H and O–H groups in total. The molecule has 0 aromatic carbocycles. The number of rotatable bonds is 7. The highest BCUT2D eigenvalue weighted by Crippen LogP contribution is 2.21. The molecule has 7 nitrogen and oxygen atoms in total. The van der Waals surface area contributed by atoms with Gasteiger partial charge in [0.25, 0.3) is 0 Å². The van der Waals surface area contributed by atoms with Gasteiger partial charge in [-0.1, -0.05) is 0 Å². The molecule has 1 saturated heterocycles. The maximum absolute atomic E-state index is 5.96. The lowest BCUT2D eigenvalue weighted by Gasteiger charge is -2.35. The molecule has 2 heterocycles. The number of aliphatic imine (C=N–C) groups is 1. The Morgan fingerprint density at radius 2 is 2.07 bits per heavy atom. The second-order valence-electron chi connectivity index (χ2n) is 7.41. The van der Waals surface area contributed by atoms with Crippen molar-refractivity contribution >= 4 is 29.9 Å². The van der Waals surface area contributed by atoms with Crippen LogP contribution in [0, 0.1) is 0 Å². The molecule has 0 aliphatic carbocycles. The molecule has 0 saturated carbocycles. The second-order valence-corrected chi connectivity index (χ2v) is 7.41. The first kappa shape index (κ1) is 24.2. The fourth-order valence-electron chi connectivity index (χ4n) is 3.46. The van der Waals surface area contributed by atoms with Gasteiger partial charge >= 0.3 is 0 Å². The maximum Gasteiger partial charge on any atom is 0.194 e. The van der Waals surface area contributed by atoms with Gasteiger partial charge in [-0.15, -0.1) is 24.0 Å². The Morgan fingerprint density at radius 3 is 2.63 bits per heavy atom. The number of halogens is 1. The SMILES string of the molecule is CCNC(=NCCN(C(C)C)C(C)C)N1CCOC(c2cnn(C)c2)C1.I. The van der Waals surface area contributed by atoms with E-state index in [-0.39, 0.29) is 30.1 Å². The van der Waals surface area contributed by atoms with E-state index >= 15 is 0 Å². The molecule has 0 bridgehead atoms. The quantitative estimate of drug-likeness (QED) is 0.360. The number of hydrogen-bond donors (Lipinski definition) is 1. The van der Waals surface area contributed by atoms with Crippen LogP contribution in [-0.2, 0) is 11.8 Å². The summed E-state index contributed by atoms with van der Waals surface area (Å²) in [4.78, 5) is 9.67. The standard InChI is InChI=1S/C19H36N6O.HI/c1-7-20-19(21-8-9-25(15(2)3)16(4)5)24-10-11-26-18(14-24)17-12-22-23(6)13-17;/h12-13,15-16,18H,7-11,14H2,1-6H3,(H,20,21);1H. The number of guanidine groups is 1. The number of ether oxygens (including phenoxy) is 1. The van der Waals surface area contributed by atoms with Crippen molar-refractivity contribution in [3.8, 4) is 0 Å². The van der Waals surface area contributed by atoms with Gasteiger partial charge < -0.3 is 15.0 Å². The van der Waals surface area contributed by atoms with Crippen LogP contribution in [0.3, 0.4) is 0 Å². The van der Waals surface area contributed by atoms with Gasteiger partial charge in [0.05, 0.1) is 25.9 Å². The minimum atomic E-state index is 0. The molecule has 0 radical (unpaired) electrons. The largest absolute Gasteiger partial charge is 0.370 e. The molecule has 2 rings (SSSR count). The first-order valence-electron chi connectivity index (χ1n) is 9.81. The lowest BCUT2D eigenvalue weighted by atomic mass is 10.1. The predicted octanol–water partition coefficient (Wildman–Crippen LogP) is 2.50. The summed E-state index contributed by atoms with van der Waals surface area (Å²) >= 11 is 0. The fraction of sp³-hybridized carbons (Fsp3) is 0.789. The number of morpholine rings is 1. The van der Waals surface area contributed by atoms with Gasteiger partial charge in [0.1, 0.15) is 6.10 Å². The Bertz CT molecular complexity index is 566. The van der Waals surface area contributed by atoms with Gasteiger partial charge in [-0.05, 0) is 34.6 Å². The van der Waals surface area contributed by atoms with Crippen LogP contribution in [0.4, 0.5) is 0 Å². The Hall–Kier alpha value is -0.870. The van der Waals surface area contributed by atoms with Gasteiger partial charge in [-0.2, -0.15) is 5.10 Å². The zero-order chi connectivity index (χ0) is 19.1. The van der Waals surface area contributed by atoms with E-state index in [4.69, 9.17) is 9.73 Å². The van der Waals surface area contributed by atoms with Crippen molar-refractivity contribution in [2.24, 2.45) is 12.0 Å². The number of hydrogen-bond acceptors (Lipinski definition) is 4. The lowest BCUT2D eigenvalue weighted by Crippen LogP contribution is -2.48. The summed E-state index contributed by atoms with van der Waals surface area (Å²) in [6.07, 6.45) is 3.96. The van der Waals surface area contributed by atoms with Gasteiger partial charge in [0, 0.05) is 50.5 Å². The second kappa shape index (κ2) is 11.9. The smallest absolute Gasteiger partial charge is 0.194 e. The molecule has 1 aliphatic rings. The van der Waals surface area contributed by atoms with E-state index in [1.165, 1.54) is 0 Å². The van der Waals surface area contributed by atoms with Gasteiger partial charge in [-0.3, -0.25) is 14.6 Å². The summed E-state index contributed by atoms with van der Waals surface area (Å²) in [5.74, 6) is 0.983. The topological polar surface area (TPSA) is 57.9 Å². The third-order valence-corrected chi connectivity index (χ3v) is 4.74. The molecule has 0 amide bonds. The van der Waals surface area contributed by atoms with Crippen LogP contribution in [0.15, 0.2) is 17.4 Å². The first-order valence-corrected chi connectivity index (χ1v) is 9.81. The molecular formula is C19H37IN6O. The van der Waals surface area contributed by atoms with E-state index in [0.29, 0.717) is 18.7 Å². The zero-order valence-corrected chi connectivity index (χ0v) is 20.0. The monoisotopic (exact) mass is 492 g/mol. The molecule has 8 heteroatoms. The van der Waals surface area contributed by atoms with Crippen LogP contribution < -0.4 is 5.32 Å². The van der Waals surface area contributed by atoms with Crippen LogP contribution in [0.2, 0.25) is 0 Å². The van der Waals surface area contributed by atoms with E-state index in [9.17, 15) is 0 Å². The van der Waals surface area contributed by atoms with E-state index in [1.54, 1.807) is 0 Å². The Morgan fingerprint density at radius 1 is 1.37 bits per heavy atom. The number of aromatic nitrogens is 2. The first-order chi connectivity index (χ1) is 12.4. The van der Waals surface area contributed by atoms with Crippen molar-refractivity contribution in [1.82, 2.24) is 24.9 Å². The molecule has 0 spiro atoms. The highest BCUT2D eigenvalue weighted by atomic mass is 127. The van der Waals surface area contributed by atoms with Gasteiger partial charge in [0.2, 0.25) is 0 Å². The normalized spacial score (nSPS) is 18.3. The van der Waals surface area contributed by atoms with Crippen molar-refractivity contribution in [1.29, 1.82) is 0 Å². The molecule has 1 aliphatic heterocycles. The molecular weight excluding hydrogens is 455 g/mol. The van der Waals surface area contributed by atoms with Crippen LogP contribution in [0.1, 0.15) is 46.3 Å². The molecule has 1 aromatic heterocycles. The van der Waals surface area contributed by atoms with E-state index in [2.05, 4.69) is 54.8 Å². The highest BCUT2D eigenvalue weighted by Gasteiger charge is 2.25. The Labute approximate surface area is 181 Å². The predicted molar refractivity (Wildman–Crippen MR) is 122 cm³/mol. The van der Waals surface area contributed by atoms with Crippen molar-refractivity contribution in [3.05, 3.63) is 18.0 Å². The van der Waals surface area contributed by atoms with E-state index < -0.39 is 0 Å². The van der Waals surface area contributed by atoms with Crippen molar-refractivity contribution in [2.45, 2.75) is 52.8 Å². The lowest BCUT2D eigenvalue weighted by molar-refractivity contribution is -0.00806. The molecule has 156 valence electrons. The summed E-state index contributed by atoms with van der Waals surface area (Å²) in [6.45, 7) is 16.1. The van der Waals surface area contributed by atoms with E-state index in [0.717, 1.165) is 44.2 Å². The van der Waals surface area contributed by atoms with Crippen molar-refractivity contribution < 1.29 is 4.74 Å². The molecule has 1 unspecified atom stereocenters. The van der Waals surface area contributed by atoms with Crippen molar-refractivity contribution in [3.63, 3.8) is 0 Å². The number of aryl methyl sites for hydroxylation is 1. The summed E-state index contributed by atoms with van der Waals surface area (Å²) in [5.41, 5.74) is 1.12.